The largest absolute Gasteiger partial charge is 0.350 e. The van der Waals surface area contributed by atoms with Gasteiger partial charge in [-0.05, 0) is 35.5 Å². The summed E-state index contributed by atoms with van der Waals surface area (Å²) >= 11 is 2.09. The number of carbonyl (C=O) groups excluding carboxylic acids is 3. The summed E-state index contributed by atoms with van der Waals surface area (Å²) in [4.78, 5) is 49.4. The van der Waals surface area contributed by atoms with Crippen molar-refractivity contribution in [2.75, 3.05) is 13.1 Å². The molecule has 8 nitrogen and oxygen atoms in total. The van der Waals surface area contributed by atoms with Gasteiger partial charge < -0.3 is 5.32 Å². The molecule has 2 aromatic carbocycles. The van der Waals surface area contributed by atoms with E-state index in [-0.39, 0.29) is 35.8 Å². The smallest absolute Gasteiger partial charge is 0.293 e. The Morgan fingerprint density at radius 3 is 2.65 bits per heavy atom. The molecule has 1 N–H and O–H groups in total. The van der Waals surface area contributed by atoms with Crippen molar-refractivity contribution in [2.24, 2.45) is 0 Å². The molecular weight excluding hydrogens is 438 g/mol. The van der Waals surface area contributed by atoms with Crippen molar-refractivity contribution in [3.63, 3.8) is 0 Å². The molecule has 1 aliphatic rings. The number of nitro benzene ring substituents is 1. The molecule has 10 heteroatoms. The van der Waals surface area contributed by atoms with Gasteiger partial charge in [-0.25, -0.2) is 0 Å². The number of thiophene rings is 1. The lowest BCUT2D eigenvalue weighted by molar-refractivity contribution is -0.384. The van der Waals surface area contributed by atoms with Gasteiger partial charge in [-0.1, -0.05) is 30.3 Å². The third kappa shape index (κ3) is 4.49. The third-order valence-corrected chi connectivity index (χ3v) is 6.55. The lowest BCUT2D eigenvalue weighted by atomic mass is 10.2. The van der Waals surface area contributed by atoms with Crippen LogP contribution in [0.2, 0.25) is 0 Å². The van der Waals surface area contributed by atoms with Crippen molar-refractivity contribution in [2.45, 2.75) is 0 Å². The van der Waals surface area contributed by atoms with Crippen molar-refractivity contribution < 1.29 is 19.3 Å². The van der Waals surface area contributed by atoms with Crippen LogP contribution in [0, 0.1) is 10.1 Å². The van der Waals surface area contributed by atoms with Crippen LogP contribution in [0.3, 0.4) is 0 Å². The highest BCUT2D eigenvalue weighted by Crippen LogP contribution is 2.32. The number of fused-ring (bicyclic) bond motifs is 1. The molecule has 1 aliphatic heterocycles. The maximum Gasteiger partial charge on any atom is 0.293 e. The normalized spacial score (nSPS) is 15.1. The summed E-state index contributed by atoms with van der Waals surface area (Å²) in [5.74, 6) is -0.752. The van der Waals surface area contributed by atoms with Gasteiger partial charge in [0.2, 0.25) is 0 Å². The molecule has 0 aliphatic carbocycles. The van der Waals surface area contributed by atoms with Crippen LogP contribution >= 0.6 is 23.1 Å². The molecule has 156 valence electrons. The molecule has 4 rings (SSSR count). The predicted octanol–water partition coefficient (Wildman–Crippen LogP) is 4.28. The summed E-state index contributed by atoms with van der Waals surface area (Å²) in [5.41, 5.74) is 0.784. The molecule has 0 atom stereocenters. The second-order valence-corrected chi connectivity index (χ2v) is 8.67. The zero-order valence-corrected chi connectivity index (χ0v) is 17.6. The number of non-ortho nitro benzene ring substituents is 1. The average Bonchev–Trinajstić information content (AvgIpc) is 3.30. The van der Waals surface area contributed by atoms with E-state index in [1.807, 2.05) is 30.3 Å². The summed E-state index contributed by atoms with van der Waals surface area (Å²) in [5, 5.41) is 13.8. The first-order valence-electron chi connectivity index (χ1n) is 9.19. The number of carbonyl (C=O) groups is 3. The number of thioether (sulfide) groups is 1. The van der Waals surface area contributed by atoms with Crippen molar-refractivity contribution in [1.82, 2.24) is 10.2 Å². The Labute approximate surface area is 184 Å². The molecule has 1 fully saturated rings. The zero-order chi connectivity index (χ0) is 22.0. The van der Waals surface area contributed by atoms with E-state index in [1.165, 1.54) is 23.5 Å². The van der Waals surface area contributed by atoms with Crippen LogP contribution in [0.15, 0.2) is 59.5 Å². The summed E-state index contributed by atoms with van der Waals surface area (Å²) in [6.45, 7) is 0.156. The summed E-state index contributed by atoms with van der Waals surface area (Å²) in [6, 6.07) is 15.2. The quantitative estimate of drug-likeness (QED) is 0.339. The van der Waals surface area contributed by atoms with E-state index in [1.54, 1.807) is 18.2 Å². The van der Waals surface area contributed by atoms with E-state index in [0.29, 0.717) is 15.2 Å². The van der Waals surface area contributed by atoms with E-state index in [9.17, 15) is 24.5 Å². The number of benzene rings is 2. The van der Waals surface area contributed by atoms with Crippen molar-refractivity contribution in [1.29, 1.82) is 0 Å². The Hall–Kier alpha value is -3.50. The van der Waals surface area contributed by atoms with Gasteiger partial charge in [0, 0.05) is 35.3 Å². The second-order valence-electron chi connectivity index (χ2n) is 6.59. The van der Waals surface area contributed by atoms with Crippen molar-refractivity contribution in [3.05, 3.63) is 80.1 Å². The molecule has 3 aromatic rings. The highest BCUT2D eigenvalue weighted by atomic mass is 32.2. The van der Waals surface area contributed by atoms with Crippen LogP contribution in [0.4, 0.5) is 10.5 Å². The molecule has 0 spiro atoms. The van der Waals surface area contributed by atoms with E-state index in [0.717, 1.165) is 26.9 Å². The highest BCUT2D eigenvalue weighted by Gasteiger charge is 2.34. The van der Waals surface area contributed by atoms with E-state index in [4.69, 9.17) is 0 Å². The number of imide groups is 1. The molecule has 2 heterocycles. The fourth-order valence-corrected chi connectivity index (χ4v) is 4.84. The molecule has 0 unspecified atom stereocenters. The van der Waals surface area contributed by atoms with Crippen LogP contribution in [-0.2, 0) is 4.79 Å². The molecule has 3 amide bonds. The zero-order valence-electron chi connectivity index (χ0n) is 15.9. The van der Waals surface area contributed by atoms with Gasteiger partial charge in [0.05, 0.1) is 14.7 Å². The standard InChI is InChI=1S/C21H15N3O5S2/c25-19(17-12-14-11-15(24(28)29)6-7-16(14)30-17)22-8-9-23-20(26)18(31-21(23)27)10-13-4-2-1-3-5-13/h1-7,10-12H,8-9H2,(H,22,25)/b18-10-. The SMILES string of the molecule is O=C(NCCN1C(=O)S/C(=C\c2ccccc2)C1=O)c1cc2cc([N+](=O)[O-])ccc2s1. The van der Waals surface area contributed by atoms with E-state index in [2.05, 4.69) is 5.32 Å². The summed E-state index contributed by atoms with van der Waals surface area (Å²) < 4.78 is 0.757. The van der Waals surface area contributed by atoms with Crippen LogP contribution < -0.4 is 5.32 Å². The lowest BCUT2D eigenvalue weighted by Gasteiger charge is -2.12. The van der Waals surface area contributed by atoms with Crippen LogP contribution in [0.1, 0.15) is 15.2 Å². The van der Waals surface area contributed by atoms with Gasteiger partial charge in [0.1, 0.15) is 0 Å². The highest BCUT2D eigenvalue weighted by molar-refractivity contribution is 8.18. The Morgan fingerprint density at radius 2 is 1.90 bits per heavy atom. The van der Waals surface area contributed by atoms with Crippen LogP contribution in [0.25, 0.3) is 16.2 Å². The molecule has 1 saturated heterocycles. The Bertz CT molecular complexity index is 1240. The fourth-order valence-electron chi connectivity index (χ4n) is 3.02. The average molecular weight is 454 g/mol. The summed E-state index contributed by atoms with van der Waals surface area (Å²) in [6.07, 6.45) is 1.67. The maximum absolute atomic E-state index is 12.5. The molecular formula is C21H15N3O5S2. The van der Waals surface area contributed by atoms with Gasteiger partial charge in [-0.15, -0.1) is 11.3 Å². The summed E-state index contributed by atoms with van der Waals surface area (Å²) in [7, 11) is 0. The number of nitrogens with one attached hydrogen (secondary N) is 1. The molecule has 0 radical (unpaired) electrons. The third-order valence-electron chi connectivity index (χ3n) is 4.53. The number of rotatable bonds is 6. The molecule has 0 bridgehead atoms. The van der Waals surface area contributed by atoms with Crippen LogP contribution in [-0.4, -0.2) is 40.0 Å². The van der Waals surface area contributed by atoms with Crippen molar-refractivity contribution >= 4 is 62.0 Å². The molecule has 0 saturated carbocycles. The minimum atomic E-state index is -0.487. The Morgan fingerprint density at radius 1 is 1.13 bits per heavy atom. The van der Waals surface area contributed by atoms with Gasteiger partial charge in [0.25, 0.3) is 22.7 Å². The Balaban J connectivity index is 1.37. The van der Waals surface area contributed by atoms with Crippen molar-refractivity contribution in [3.8, 4) is 0 Å². The minimum Gasteiger partial charge on any atom is -0.350 e. The van der Waals surface area contributed by atoms with E-state index < -0.39 is 4.92 Å². The van der Waals surface area contributed by atoms with E-state index >= 15 is 0 Å². The first-order chi connectivity index (χ1) is 14.9. The number of nitrogens with zero attached hydrogens (tertiary/aromatic N) is 2. The fraction of sp³-hybridized carbons (Fsp3) is 0.0952. The molecule has 1 aromatic heterocycles. The molecule has 31 heavy (non-hydrogen) atoms. The van der Waals surface area contributed by atoms with Gasteiger partial charge in [0.15, 0.2) is 0 Å². The topological polar surface area (TPSA) is 110 Å². The first-order valence-corrected chi connectivity index (χ1v) is 10.8. The van der Waals surface area contributed by atoms with Crippen LogP contribution in [0.5, 0.6) is 0 Å². The van der Waals surface area contributed by atoms with Gasteiger partial charge >= 0.3 is 0 Å². The Kier molecular flexibility index (Phi) is 5.83. The minimum absolute atomic E-state index is 0.0415. The monoisotopic (exact) mass is 453 g/mol. The van der Waals surface area contributed by atoms with Gasteiger partial charge in [-0.2, -0.15) is 0 Å². The first kappa shape index (κ1) is 20.8. The second kappa shape index (κ2) is 8.70. The number of hydrogen-bond acceptors (Lipinski definition) is 7. The number of amides is 3. The number of hydrogen-bond donors (Lipinski definition) is 1. The lowest BCUT2D eigenvalue weighted by Crippen LogP contribution is -2.37. The maximum atomic E-state index is 12.5. The number of nitro groups is 1. The predicted molar refractivity (Wildman–Crippen MR) is 120 cm³/mol. The van der Waals surface area contributed by atoms with Gasteiger partial charge in [-0.3, -0.25) is 29.4 Å².